The highest BCUT2D eigenvalue weighted by atomic mass is 19.1. The molecule has 108 valence electrons. The number of carbonyl (C=O) groups excluding carboxylic acids is 1. The van der Waals surface area contributed by atoms with Crippen molar-refractivity contribution in [3.63, 3.8) is 0 Å². The minimum atomic E-state index is -1.37. The van der Waals surface area contributed by atoms with E-state index >= 15 is 0 Å². The van der Waals surface area contributed by atoms with Crippen LogP contribution in [-0.4, -0.2) is 39.9 Å². The van der Waals surface area contributed by atoms with Gasteiger partial charge in [0, 0.05) is 6.54 Å². The van der Waals surface area contributed by atoms with Crippen molar-refractivity contribution in [2.45, 2.75) is 6.92 Å². The van der Waals surface area contributed by atoms with E-state index in [1.807, 2.05) is 0 Å². The number of benzene rings is 1. The van der Waals surface area contributed by atoms with E-state index in [1.165, 1.54) is 6.92 Å². The molecule has 0 fully saturated rings. The molecule has 0 radical (unpaired) electrons. The van der Waals surface area contributed by atoms with Gasteiger partial charge in [0.15, 0.2) is 0 Å². The van der Waals surface area contributed by atoms with Crippen molar-refractivity contribution in [1.29, 1.82) is 0 Å². The lowest BCUT2D eigenvalue weighted by Gasteiger charge is -2.18. The third kappa shape index (κ3) is 3.25. The molecule has 1 amide bonds. The molecular weight excluding hydrogens is 278 g/mol. The molecule has 0 aliphatic rings. The van der Waals surface area contributed by atoms with E-state index in [0.29, 0.717) is 6.07 Å². The van der Waals surface area contributed by atoms with Crippen molar-refractivity contribution >= 4 is 17.6 Å². The van der Waals surface area contributed by atoms with Gasteiger partial charge in [0.1, 0.15) is 12.4 Å². The SMILES string of the molecule is CCN(CC(=O)O)C(=O)c1cc(F)c([N+](=O)[O-])cc1F. The van der Waals surface area contributed by atoms with Gasteiger partial charge in [-0.2, -0.15) is 4.39 Å². The van der Waals surface area contributed by atoms with Crippen LogP contribution in [0.25, 0.3) is 0 Å². The van der Waals surface area contributed by atoms with E-state index in [4.69, 9.17) is 5.11 Å². The van der Waals surface area contributed by atoms with Crippen LogP contribution in [0.1, 0.15) is 17.3 Å². The van der Waals surface area contributed by atoms with Gasteiger partial charge in [-0.3, -0.25) is 19.7 Å². The zero-order valence-corrected chi connectivity index (χ0v) is 10.3. The van der Waals surface area contributed by atoms with Crippen molar-refractivity contribution in [1.82, 2.24) is 4.90 Å². The first-order valence-corrected chi connectivity index (χ1v) is 5.42. The molecule has 1 aromatic rings. The molecule has 0 saturated carbocycles. The first-order valence-electron chi connectivity index (χ1n) is 5.42. The van der Waals surface area contributed by atoms with Gasteiger partial charge in [-0.25, -0.2) is 4.39 Å². The van der Waals surface area contributed by atoms with Crippen molar-refractivity contribution in [3.05, 3.63) is 39.4 Å². The quantitative estimate of drug-likeness (QED) is 0.652. The van der Waals surface area contributed by atoms with Gasteiger partial charge in [0.05, 0.1) is 16.6 Å². The summed E-state index contributed by atoms with van der Waals surface area (Å²) >= 11 is 0. The number of nitro groups is 1. The number of hydrogen-bond acceptors (Lipinski definition) is 4. The Balaban J connectivity index is 3.19. The summed E-state index contributed by atoms with van der Waals surface area (Å²) in [7, 11) is 0. The number of carbonyl (C=O) groups is 2. The number of likely N-dealkylation sites (N-methyl/N-ethyl adjacent to an activating group) is 1. The van der Waals surface area contributed by atoms with E-state index in [1.54, 1.807) is 0 Å². The second-order valence-corrected chi connectivity index (χ2v) is 3.75. The number of amides is 1. The van der Waals surface area contributed by atoms with Crippen LogP contribution in [0.5, 0.6) is 0 Å². The van der Waals surface area contributed by atoms with Crippen LogP contribution in [0, 0.1) is 21.7 Å². The summed E-state index contributed by atoms with van der Waals surface area (Å²) in [5.41, 5.74) is -1.85. The Hall–Kier alpha value is -2.58. The molecule has 0 atom stereocenters. The summed E-state index contributed by atoms with van der Waals surface area (Å²) in [5.74, 6) is -5.03. The molecule has 0 saturated heterocycles. The maximum Gasteiger partial charge on any atom is 0.323 e. The summed E-state index contributed by atoms with van der Waals surface area (Å²) < 4.78 is 27.0. The Labute approximate surface area is 111 Å². The van der Waals surface area contributed by atoms with E-state index in [2.05, 4.69) is 0 Å². The van der Waals surface area contributed by atoms with Gasteiger partial charge >= 0.3 is 11.7 Å². The molecule has 0 aliphatic carbocycles. The predicted octanol–water partition coefficient (Wildman–Crippen LogP) is 1.42. The van der Waals surface area contributed by atoms with Gasteiger partial charge in [-0.15, -0.1) is 0 Å². The zero-order chi connectivity index (χ0) is 15.4. The van der Waals surface area contributed by atoms with Crippen LogP contribution in [0.2, 0.25) is 0 Å². The van der Waals surface area contributed by atoms with Crippen LogP contribution >= 0.6 is 0 Å². The lowest BCUT2D eigenvalue weighted by molar-refractivity contribution is -0.387. The second-order valence-electron chi connectivity index (χ2n) is 3.75. The van der Waals surface area contributed by atoms with Crippen LogP contribution < -0.4 is 0 Å². The molecule has 0 aromatic heterocycles. The van der Waals surface area contributed by atoms with Crippen LogP contribution in [0.4, 0.5) is 14.5 Å². The fraction of sp³-hybridized carbons (Fsp3) is 0.273. The molecule has 1 N–H and O–H groups in total. The first kappa shape index (κ1) is 15.5. The standard InChI is InChI=1S/C11H10F2N2O5/c1-2-14(5-10(16)17)11(18)6-3-8(13)9(15(19)20)4-7(6)12/h3-4H,2,5H2,1H3,(H,16,17). The molecule has 0 spiro atoms. The number of hydrogen-bond donors (Lipinski definition) is 1. The summed E-state index contributed by atoms with van der Waals surface area (Å²) in [4.78, 5) is 32.5. The van der Waals surface area contributed by atoms with Crippen LogP contribution in [0.15, 0.2) is 12.1 Å². The second kappa shape index (κ2) is 6.04. The molecule has 20 heavy (non-hydrogen) atoms. The third-order valence-electron chi connectivity index (χ3n) is 2.46. The topological polar surface area (TPSA) is 101 Å². The average Bonchev–Trinajstić information content (AvgIpc) is 2.36. The summed E-state index contributed by atoms with van der Waals surface area (Å²) in [6, 6.07) is 0.678. The highest BCUT2D eigenvalue weighted by Crippen LogP contribution is 2.22. The highest BCUT2D eigenvalue weighted by Gasteiger charge is 2.25. The minimum Gasteiger partial charge on any atom is -0.480 e. The highest BCUT2D eigenvalue weighted by molar-refractivity contribution is 5.96. The Kier molecular flexibility index (Phi) is 4.68. The fourth-order valence-corrected chi connectivity index (χ4v) is 1.50. The molecule has 0 heterocycles. The van der Waals surface area contributed by atoms with Crippen LogP contribution in [0.3, 0.4) is 0 Å². The lowest BCUT2D eigenvalue weighted by atomic mass is 10.1. The van der Waals surface area contributed by atoms with Gasteiger partial charge in [-0.05, 0) is 13.0 Å². The molecular formula is C11H10F2N2O5. The van der Waals surface area contributed by atoms with Gasteiger partial charge in [0.25, 0.3) is 5.91 Å². The number of nitro benzene ring substituents is 1. The first-order chi connectivity index (χ1) is 9.27. The van der Waals surface area contributed by atoms with E-state index in [9.17, 15) is 28.5 Å². The molecule has 1 aromatic carbocycles. The molecule has 0 bridgehead atoms. The summed E-state index contributed by atoms with van der Waals surface area (Å²) in [5, 5.41) is 19.0. The molecule has 0 aliphatic heterocycles. The average molecular weight is 288 g/mol. The molecule has 0 unspecified atom stereocenters. The van der Waals surface area contributed by atoms with Gasteiger partial charge < -0.3 is 10.0 Å². The summed E-state index contributed by atoms with van der Waals surface area (Å²) in [6.07, 6.45) is 0. The Morgan fingerprint density at radius 2 is 1.95 bits per heavy atom. The summed E-state index contributed by atoms with van der Waals surface area (Å²) in [6.45, 7) is 0.733. The van der Waals surface area contributed by atoms with Gasteiger partial charge in [0.2, 0.25) is 5.82 Å². The molecule has 1 rings (SSSR count). The third-order valence-corrected chi connectivity index (χ3v) is 2.46. The number of carboxylic acid groups (broad SMARTS) is 1. The van der Waals surface area contributed by atoms with E-state index in [0.717, 1.165) is 4.90 Å². The number of halogens is 2. The van der Waals surface area contributed by atoms with E-state index in [-0.39, 0.29) is 12.6 Å². The monoisotopic (exact) mass is 288 g/mol. The Morgan fingerprint density at radius 3 is 2.40 bits per heavy atom. The Bertz CT molecular complexity index is 576. The van der Waals surface area contributed by atoms with Crippen molar-refractivity contribution in [2.75, 3.05) is 13.1 Å². The number of aliphatic carboxylic acids is 1. The van der Waals surface area contributed by atoms with Crippen LogP contribution in [-0.2, 0) is 4.79 Å². The minimum absolute atomic E-state index is 0.0385. The Morgan fingerprint density at radius 1 is 1.35 bits per heavy atom. The number of rotatable bonds is 5. The maximum atomic E-state index is 13.6. The number of carboxylic acids is 1. The largest absolute Gasteiger partial charge is 0.480 e. The molecule has 7 nitrogen and oxygen atoms in total. The maximum absolute atomic E-state index is 13.6. The van der Waals surface area contributed by atoms with Crippen molar-refractivity contribution in [3.8, 4) is 0 Å². The fourth-order valence-electron chi connectivity index (χ4n) is 1.50. The van der Waals surface area contributed by atoms with E-state index < -0.39 is 46.2 Å². The smallest absolute Gasteiger partial charge is 0.323 e. The van der Waals surface area contributed by atoms with Gasteiger partial charge in [-0.1, -0.05) is 0 Å². The molecule has 9 heteroatoms. The number of nitrogens with zero attached hydrogens (tertiary/aromatic N) is 2. The van der Waals surface area contributed by atoms with Crippen molar-refractivity contribution in [2.24, 2.45) is 0 Å². The predicted molar refractivity (Wildman–Crippen MR) is 62.2 cm³/mol. The normalized spacial score (nSPS) is 10.2. The lowest BCUT2D eigenvalue weighted by Crippen LogP contribution is -2.36. The zero-order valence-electron chi connectivity index (χ0n) is 10.3. The van der Waals surface area contributed by atoms with Crippen molar-refractivity contribution < 1.29 is 28.4 Å².